The van der Waals surface area contributed by atoms with E-state index in [-0.39, 0.29) is 23.7 Å². The van der Waals surface area contributed by atoms with Crippen molar-refractivity contribution in [1.29, 1.82) is 0 Å². The van der Waals surface area contributed by atoms with Crippen LogP contribution in [0.5, 0.6) is 0 Å². The highest BCUT2D eigenvalue weighted by molar-refractivity contribution is 5.95. The molecule has 1 saturated heterocycles. The van der Waals surface area contributed by atoms with Gasteiger partial charge in [-0.3, -0.25) is 4.79 Å². The second-order valence-corrected chi connectivity index (χ2v) is 6.62. The number of amides is 1. The van der Waals surface area contributed by atoms with Gasteiger partial charge < -0.3 is 10.6 Å². The van der Waals surface area contributed by atoms with E-state index >= 15 is 0 Å². The van der Waals surface area contributed by atoms with Crippen LogP contribution in [0.1, 0.15) is 48.7 Å². The number of likely N-dealkylation sites (tertiary alicyclic amines) is 1. The summed E-state index contributed by atoms with van der Waals surface area (Å²) in [6.45, 7) is 5.42. The maximum absolute atomic E-state index is 13.2. The number of carbonyl (C=O) groups excluding carboxylic acids is 1. The number of carbonyl (C=O) groups is 1. The topological polar surface area (TPSA) is 64.2 Å². The van der Waals surface area contributed by atoms with Gasteiger partial charge in [0.25, 0.3) is 5.91 Å². The zero-order valence-electron chi connectivity index (χ0n) is 14.1. The number of nitrogens with two attached hydrogens (primary N) is 1. The van der Waals surface area contributed by atoms with Crippen LogP contribution in [0.2, 0.25) is 0 Å². The predicted molar refractivity (Wildman–Crippen MR) is 90.7 cm³/mol. The summed E-state index contributed by atoms with van der Waals surface area (Å²) < 4.78 is 14.9. The Morgan fingerprint density at radius 3 is 2.46 bits per heavy atom. The summed E-state index contributed by atoms with van der Waals surface area (Å²) >= 11 is 0. The van der Waals surface area contributed by atoms with Crippen LogP contribution in [-0.2, 0) is 0 Å². The Bertz CT molecular complexity index is 715. The normalized spacial score (nSPS) is 16.0. The monoisotopic (exact) mass is 330 g/mol. The lowest BCUT2D eigenvalue weighted by atomic mass is 10.0. The number of nitrogens with zero attached hydrogens (tertiary/aromatic N) is 3. The molecule has 1 fully saturated rings. The first kappa shape index (κ1) is 16.6. The van der Waals surface area contributed by atoms with Crippen LogP contribution in [-0.4, -0.2) is 39.7 Å². The van der Waals surface area contributed by atoms with Gasteiger partial charge in [0.2, 0.25) is 0 Å². The molecule has 1 aromatic carbocycles. The van der Waals surface area contributed by atoms with Gasteiger partial charge in [-0.2, -0.15) is 5.10 Å². The van der Waals surface area contributed by atoms with Gasteiger partial charge in [0, 0.05) is 19.1 Å². The van der Waals surface area contributed by atoms with E-state index in [1.54, 1.807) is 23.0 Å². The molecule has 0 spiro atoms. The number of hydrogen-bond donors (Lipinski definition) is 1. The molecule has 6 heteroatoms. The lowest BCUT2D eigenvalue weighted by Crippen LogP contribution is -2.43. The average molecular weight is 330 g/mol. The molecule has 0 bridgehead atoms. The minimum atomic E-state index is -0.294. The van der Waals surface area contributed by atoms with Gasteiger partial charge in [0.1, 0.15) is 5.82 Å². The van der Waals surface area contributed by atoms with Crippen LogP contribution in [0.25, 0.3) is 5.69 Å². The van der Waals surface area contributed by atoms with Gasteiger partial charge in [-0.25, -0.2) is 9.07 Å². The highest BCUT2D eigenvalue weighted by atomic mass is 19.1. The summed E-state index contributed by atoms with van der Waals surface area (Å²) in [7, 11) is 0. The number of rotatable bonds is 3. The third-order valence-corrected chi connectivity index (χ3v) is 4.48. The quantitative estimate of drug-likeness (QED) is 0.941. The fourth-order valence-electron chi connectivity index (χ4n) is 3.14. The second-order valence-electron chi connectivity index (χ2n) is 6.62. The fraction of sp³-hybridized carbons (Fsp3) is 0.444. The van der Waals surface area contributed by atoms with Crippen molar-refractivity contribution in [2.75, 3.05) is 13.1 Å². The molecule has 128 valence electrons. The molecular weight excluding hydrogens is 307 g/mol. The minimum Gasteiger partial charge on any atom is -0.338 e. The molecule has 24 heavy (non-hydrogen) atoms. The van der Waals surface area contributed by atoms with Crippen molar-refractivity contribution < 1.29 is 9.18 Å². The van der Waals surface area contributed by atoms with Crippen LogP contribution in [0.15, 0.2) is 30.5 Å². The first-order valence-corrected chi connectivity index (χ1v) is 8.36. The van der Waals surface area contributed by atoms with Gasteiger partial charge >= 0.3 is 0 Å². The average Bonchev–Trinajstić information content (AvgIpc) is 3.01. The van der Waals surface area contributed by atoms with E-state index in [1.165, 1.54) is 12.1 Å². The van der Waals surface area contributed by atoms with E-state index in [0.717, 1.165) is 24.2 Å². The van der Waals surface area contributed by atoms with Crippen LogP contribution in [0, 0.1) is 5.82 Å². The SMILES string of the molecule is CC(C)c1c(C(=O)N2CCC(N)CC2)cnn1-c1ccc(F)cc1. The highest BCUT2D eigenvalue weighted by Gasteiger charge is 2.27. The van der Waals surface area contributed by atoms with Crippen molar-refractivity contribution in [3.8, 4) is 5.69 Å². The minimum absolute atomic E-state index is 0.000961. The molecule has 1 aliphatic rings. The maximum Gasteiger partial charge on any atom is 0.257 e. The van der Waals surface area contributed by atoms with Crippen molar-refractivity contribution >= 4 is 5.91 Å². The molecule has 2 N–H and O–H groups in total. The summed E-state index contributed by atoms with van der Waals surface area (Å²) in [5, 5.41) is 4.39. The standard InChI is InChI=1S/C18H23FN4O/c1-12(2)17-16(18(24)22-9-7-14(20)8-10-22)11-21-23(17)15-5-3-13(19)4-6-15/h3-6,11-12,14H,7-10,20H2,1-2H3. The zero-order valence-corrected chi connectivity index (χ0v) is 14.1. The van der Waals surface area contributed by atoms with Gasteiger partial charge in [-0.15, -0.1) is 0 Å². The summed E-state index contributed by atoms with van der Waals surface area (Å²) in [4.78, 5) is 14.8. The molecule has 1 amide bonds. The van der Waals surface area contributed by atoms with Crippen molar-refractivity contribution in [3.05, 3.63) is 47.5 Å². The molecule has 1 aliphatic heterocycles. The second kappa shape index (κ2) is 6.73. The Morgan fingerprint density at radius 1 is 1.25 bits per heavy atom. The lowest BCUT2D eigenvalue weighted by molar-refractivity contribution is 0.0713. The van der Waals surface area contributed by atoms with E-state index < -0.39 is 0 Å². The highest BCUT2D eigenvalue weighted by Crippen LogP contribution is 2.25. The van der Waals surface area contributed by atoms with Gasteiger partial charge in [-0.05, 0) is 43.0 Å². The number of hydrogen-bond acceptors (Lipinski definition) is 3. The van der Waals surface area contributed by atoms with Crippen molar-refractivity contribution in [2.24, 2.45) is 5.73 Å². The first-order valence-electron chi connectivity index (χ1n) is 8.36. The molecule has 3 rings (SSSR count). The smallest absolute Gasteiger partial charge is 0.257 e. The maximum atomic E-state index is 13.2. The molecule has 0 unspecified atom stereocenters. The molecule has 2 heterocycles. The predicted octanol–water partition coefficient (Wildman–Crippen LogP) is 2.70. The molecule has 0 atom stereocenters. The first-order chi connectivity index (χ1) is 11.5. The number of halogens is 1. The fourth-order valence-corrected chi connectivity index (χ4v) is 3.14. The molecule has 1 aromatic heterocycles. The number of benzene rings is 1. The summed E-state index contributed by atoms with van der Waals surface area (Å²) in [6.07, 6.45) is 3.28. The molecule has 5 nitrogen and oxygen atoms in total. The molecule has 0 aliphatic carbocycles. The summed E-state index contributed by atoms with van der Waals surface area (Å²) in [6, 6.07) is 6.31. The summed E-state index contributed by atoms with van der Waals surface area (Å²) in [5.41, 5.74) is 8.14. The van der Waals surface area contributed by atoms with E-state index in [9.17, 15) is 9.18 Å². The van der Waals surface area contributed by atoms with Crippen LogP contribution in [0.3, 0.4) is 0 Å². The van der Waals surface area contributed by atoms with Gasteiger partial charge in [-0.1, -0.05) is 13.8 Å². The lowest BCUT2D eigenvalue weighted by Gasteiger charge is -2.30. The van der Waals surface area contributed by atoms with Crippen LogP contribution >= 0.6 is 0 Å². The van der Waals surface area contributed by atoms with E-state index in [4.69, 9.17) is 5.73 Å². The third-order valence-electron chi connectivity index (χ3n) is 4.48. The molecular formula is C18H23FN4O. The number of aromatic nitrogens is 2. The Hall–Kier alpha value is -2.21. The Labute approximate surface area is 141 Å². The van der Waals surface area contributed by atoms with Crippen LogP contribution in [0.4, 0.5) is 4.39 Å². The Balaban J connectivity index is 1.94. The van der Waals surface area contributed by atoms with E-state index in [1.807, 2.05) is 18.7 Å². The van der Waals surface area contributed by atoms with Gasteiger partial charge in [0.05, 0.1) is 23.1 Å². The number of piperidine rings is 1. The molecule has 2 aromatic rings. The van der Waals surface area contributed by atoms with Gasteiger partial charge in [0.15, 0.2) is 0 Å². The molecule has 0 radical (unpaired) electrons. The third kappa shape index (κ3) is 3.19. The largest absolute Gasteiger partial charge is 0.338 e. The Kier molecular flexibility index (Phi) is 4.66. The van der Waals surface area contributed by atoms with Crippen LogP contribution < -0.4 is 5.73 Å². The van der Waals surface area contributed by atoms with Crippen molar-refractivity contribution in [3.63, 3.8) is 0 Å². The van der Waals surface area contributed by atoms with Crippen molar-refractivity contribution in [1.82, 2.24) is 14.7 Å². The summed E-state index contributed by atoms with van der Waals surface area (Å²) in [5.74, 6) is -0.180. The Morgan fingerprint density at radius 2 is 1.88 bits per heavy atom. The molecule has 0 saturated carbocycles. The van der Waals surface area contributed by atoms with E-state index in [2.05, 4.69) is 5.10 Å². The van der Waals surface area contributed by atoms with Crippen molar-refractivity contribution in [2.45, 2.75) is 38.6 Å². The zero-order chi connectivity index (χ0) is 17.3. The van der Waals surface area contributed by atoms with E-state index in [0.29, 0.717) is 18.7 Å².